The third-order valence-electron chi connectivity index (χ3n) is 3.86. The number of halogens is 1. The van der Waals surface area contributed by atoms with Crippen LogP contribution in [0, 0.1) is 5.82 Å². The summed E-state index contributed by atoms with van der Waals surface area (Å²) in [7, 11) is 0. The van der Waals surface area contributed by atoms with Gasteiger partial charge < -0.3 is 14.6 Å². The number of aromatic nitrogens is 2. The van der Waals surface area contributed by atoms with Crippen molar-refractivity contribution in [2.45, 2.75) is 24.9 Å². The molecule has 25 heavy (non-hydrogen) atoms. The van der Waals surface area contributed by atoms with Crippen LogP contribution in [-0.2, 0) is 9.47 Å². The van der Waals surface area contributed by atoms with Crippen LogP contribution < -0.4 is 11.2 Å². The lowest BCUT2D eigenvalue weighted by Crippen LogP contribution is -2.34. The maximum Gasteiger partial charge on any atom is 0.338 e. The molecule has 2 N–H and O–H groups in total. The molecular formula is C16H15FN2O6. The van der Waals surface area contributed by atoms with Crippen molar-refractivity contribution >= 4 is 5.97 Å². The topological polar surface area (TPSA) is 111 Å². The molecule has 3 rings (SSSR count). The molecule has 2 aromatic rings. The molecule has 1 aromatic heterocycles. The molecule has 0 amide bonds. The van der Waals surface area contributed by atoms with Gasteiger partial charge >= 0.3 is 11.7 Å². The third kappa shape index (κ3) is 3.52. The molecule has 132 valence electrons. The summed E-state index contributed by atoms with van der Waals surface area (Å²) in [5.74, 6) is -1.75. The molecule has 1 aromatic carbocycles. The lowest BCUT2D eigenvalue weighted by Gasteiger charge is -2.16. The number of nitrogens with zero attached hydrogens (tertiary/aromatic N) is 1. The number of ether oxygens (including phenoxy) is 2. The molecule has 1 aliphatic heterocycles. The maximum atomic E-state index is 13.4. The van der Waals surface area contributed by atoms with E-state index in [-0.39, 0.29) is 6.42 Å². The van der Waals surface area contributed by atoms with Crippen LogP contribution in [0.4, 0.5) is 4.39 Å². The molecule has 0 bridgehead atoms. The summed E-state index contributed by atoms with van der Waals surface area (Å²) in [6.07, 6.45) is -1.94. The third-order valence-corrected chi connectivity index (χ3v) is 3.86. The van der Waals surface area contributed by atoms with Gasteiger partial charge in [-0.2, -0.15) is 4.39 Å². The molecule has 0 radical (unpaired) electrons. The average molecular weight is 350 g/mol. The number of aliphatic hydroxyl groups is 1. The van der Waals surface area contributed by atoms with Crippen molar-refractivity contribution < 1.29 is 23.8 Å². The highest BCUT2D eigenvalue weighted by Gasteiger charge is 2.39. The number of H-pyrrole nitrogens is 1. The van der Waals surface area contributed by atoms with E-state index < -0.39 is 48.1 Å². The van der Waals surface area contributed by atoms with Gasteiger partial charge in [-0.25, -0.2) is 9.59 Å². The van der Waals surface area contributed by atoms with Gasteiger partial charge in [0.25, 0.3) is 5.56 Å². The first kappa shape index (κ1) is 17.1. The number of rotatable bonds is 4. The minimum atomic E-state index is -1.14. The van der Waals surface area contributed by atoms with Gasteiger partial charge in [0, 0.05) is 6.42 Å². The Balaban J connectivity index is 1.79. The van der Waals surface area contributed by atoms with Crippen LogP contribution in [0.1, 0.15) is 23.0 Å². The molecule has 1 fully saturated rings. The molecule has 0 saturated carbocycles. The number of esters is 1. The van der Waals surface area contributed by atoms with E-state index in [9.17, 15) is 23.9 Å². The first-order chi connectivity index (χ1) is 12.0. The summed E-state index contributed by atoms with van der Waals surface area (Å²) >= 11 is 0. The predicted octanol–water partition coefficient (Wildman–Crippen LogP) is 0.181. The monoisotopic (exact) mass is 350 g/mol. The Morgan fingerprint density at radius 1 is 1.36 bits per heavy atom. The van der Waals surface area contributed by atoms with Gasteiger partial charge in [0.1, 0.15) is 18.4 Å². The fourth-order valence-electron chi connectivity index (χ4n) is 2.61. The zero-order valence-corrected chi connectivity index (χ0v) is 12.9. The number of carbonyl (C=O) groups is 1. The number of aliphatic hydroxyl groups excluding tert-OH is 1. The van der Waals surface area contributed by atoms with Crippen LogP contribution in [0.5, 0.6) is 0 Å². The molecule has 1 saturated heterocycles. The second kappa shape index (κ2) is 6.99. The van der Waals surface area contributed by atoms with Crippen LogP contribution in [0.15, 0.2) is 46.1 Å². The average Bonchev–Trinajstić information content (AvgIpc) is 3.01. The van der Waals surface area contributed by atoms with Gasteiger partial charge in [-0.3, -0.25) is 14.3 Å². The van der Waals surface area contributed by atoms with Crippen LogP contribution in [-0.4, -0.2) is 39.4 Å². The van der Waals surface area contributed by atoms with Crippen molar-refractivity contribution in [3.63, 3.8) is 0 Å². The fourth-order valence-corrected chi connectivity index (χ4v) is 2.61. The quantitative estimate of drug-likeness (QED) is 0.761. The van der Waals surface area contributed by atoms with Crippen molar-refractivity contribution in [1.29, 1.82) is 0 Å². The van der Waals surface area contributed by atoms with E-state index in [1.165, 1.54) is 0 Å². The van der Waals surface area contributed by atoms with E-state index in [2.05, 4.69) is 0 Å². The zero-order valence-electron chi connectivity index (χ0n) is 12.9. The van der Waals surface area contributed by atoms with E-state index in [1.54, 1.807) is 30.3 Å². The molecule has 0 unspecified atom stereocenters. The fraction of sp³-hybridized carbons (Fsp3) is 0.312. The van der Waals surface area contributed by atoms with Crippen molar-refractivity contribution in [3.8, 4) is 0 Å². The van der Waals surface area contributed by atoms with Gasteiger partial charge in [0.05, 0.1) is 18.4 Å². The van der Waals surface area contributed by atoms with E-state index in [1.807, 2.05) is 4.98 Å². The van der Waals surface area contributed by atoms with Crippen LogP contribution in [0.3, 0.4) is 0 Å². The first-order valence-corrected chi connectivity index (χ1v) is 7.53. The number of benzene rings is 1. The van der Waals surface area contributed by atoms with E-state index in [0.29, 0.717) is 5.56 Å². The minimum Gasteiger partial charge on any atom is -0.456 e. The summed E-state index contributed by atoms with van der Waals surface area (Å²) in [6, 6.07) is 8.25. The van der Waals surface area contributed by atoms with Gasteiger partial charge in [-0.15, -0.1) is 0 Å². The highest BCUT2D eigenvalue weighted by atomic mass is 19.1. The second-order valence-electron chi connectivity index (χ2n) is 5.50. The van der Waals surface area contributed by atoms with Crippen LogP contribution >= 0.6 is 0 Å². The van der Waals surface area contributed by atoms with Crippen molar-refractivity contribution in [3.05, 3.63) is 68.7 Å². The zero-order chi connectivity index (χ0) is 18.0. The molecule has 9 heteroatoms. The van der Waals surface area contributed by atoms with Crippen molar-refractivity contribution in [2.75, 3.05) is 6.61 Å². The van der Waals surface area contributed by atoms with Crippen molar-refractivity contribution in [2.24, 2.45) is 0 Å². The summed E-state index contributed by atoms with van der Waals surface area (Å²) < 4.78 is 25.1. The first-order valence-electron chi connectivity index (χ1n) is 7.53. The summed E-state index contributed by atoms with van der Waals surface area (Å²) in [6.45, 7) is -0.455. The second-order valence-corrected chi connectivity index (χ2v) is 5.50. The number of hydrogen-bond donors (Lipinski definition) is 2. The molecule has 0 spiro atoms. The lowest BCUT2D eigenvalue weighted by molar-refractivity contribution is -0.0524. The van der Waals surface area contributed by atoms with Gasteiger partial charge in [0.2, 0.25) is 5.82 Å². The molecule has 3 atom stereocenters. The Morgan fingerprint density at radius 3 is 2.76 bits per heavy atom. The largest absolute Gasteiger partial charge is 0.456 e. The van der Waals surface area contributed by atoms with Gasteiger partial charge in [-0.1, -0.05) is 18.2 Å². The van der Waals surface area contributed by atoms with Gasteiger partial charge in [-0.05, 0) is 12.1 Å². The summed E-state index contributed by atoms with van der Waals surface area (Å²) in [4.78, 5) is 36.9. The lowest BCUT2D eigenvalue weighted by atomic mass is 10.1. The van der Waals surface area contributed by atoms with E-state index >= 15 is 0 Å². The summed E-state index contributed by atoms with van der Waals surface area (Å²) in [5.41, 5.74) is -1.66. The standard InChI is InChI=1S/C16H15FN2O6/c17-10-7-19(16(23)18-14(10)21)13-6-11(12(8-20)24-13)25-15(22)9-4-2-1-3-5-9/h1-5,7,11-13,20H,6,8H2,(H,18,21,23)/t11-,12+,13+/m0/s1. The van der Waals surface area contributed by atoms with E-state index in [0.717, 1.165) is 10.8 Å². The van der Waals surface area contributed by atoms with Crippen molar-refractivity contribution in [1.82, 2.24) is 9.55 Å². The molecule has 0 aliphatic carbocycles. The SMILES string of the molecule is O=C(O[C@H]1C[C@H](n2cc(F)c(=O)[nH]c2=O)O[C@@H]1CO)c1ccccc1. The Hall–Kier alpha value is -2.78. The predicted molar refractivity (Wildman–Crippen MR) is 82.5 cm³/mol. The molecular weight excluding hydrogens is 335 g/mol. The Labute approximate surface area is 140 Å². The normalized spacial score (nSPS) is 22.7. The number of hydrogen-bond acceptors (Lipinski definition) is 6. The smallest absolute Gasteiger partial charge is 0.338 e. The number of aromatic amines is 1. The molecule has 1 aliphatic rings. The van der Waals surface area contributed by atoms with Crippen LogP contribution in [0.2, 0.25) is 0 Å². The Morgan fingerprint density at radius 2 is 2.08 bits per heavy atom. The minimum absolute atomic E-state index is 0.0230. The summed E-state index contributed by atoms with van der Waals surface area (Å²) in [5, 5.41) is 9.42. The van der Waals surface area contributed by atoms with E-state index in [4.69, 9.17) is 9.47 Å². The highest BCUT2D eigenvalue weighted by molar-refractivity contribution is 5.89. The molecule has 2 heterocycles. The Kier molecular flexibility index (Phi) is 4.77. The van der Waals surface area contributed by atoms with Gasteiger partial charge in [0.15, 0.2) is 0 Å². The number of carbonyl (C=O) groups excluding carboxylic acids is 1. The molecule has 8 nitrogen and oxygen atoms in total. The maximum absolute atomic E-state index is 13.4. The van der Waals surface area contributed by atoms with Crippen LogP contribution in [0.25, 0.3) is 0 Å². The number of nitrogens with one attached hydrogen (secondary N) is 1. The Bertz CT molecular complexity index is 878. The highest BCUT2D eigenvalue weighted by Crippen LogP contribution is 2.30.